The van der Waals surface area contributed by atoms with Crippen LogP contribution in [0, 0.1) is 0 Å². The third kappa shape index (κ3) is 1.85. The first-order valence-electron chi connectivity index (χ1n) is 7.32. The molecule has 0 aliphatic carbocycles. The van der Waals surface area contributed by atoms with Crippen molar-refractivity contribution in [3.05, 3.63) is 30.1 Å². The molecule has 2 unspecified atom stereocenters. The maximum absolute atomic E-state index is 13.0. The lowest BCUT2D eigenvalue weighted by atomic mass is 10.2. The van der Waals surface area contributed by atoms with Crippen molar-refractivity contribution in [1.29, 1.82) is 0 Å². The van der Waals surface area contributed by atoms with Gasteiger partial charge in [-0.15, -0.1) is 0 Å². The van der Waals surface area contributed by atoms with Gasteiger partial charge in [-0.1, -0.05) is 17.8 Å². The molecule has 0 spiro atoms. The Hall–Kier alpha value is -2.02. The van der Waals surface area contributed by atoms with E-state index in [0.717, 1.165) is 23.5 Å². The number of thioether (sulfide) groups is 1. The molecule has 7 heteroatoms. The lowest BCUT2D eigenvalue weighted by Crippen LogP contribution is -2.57. The molecular weight excluding hydrogens is 300 g/mol. The second-order valence-corrected chi connectivity index (χ2v) is 6.38. The zero-order valence-electron chi connectivity index (χ0n) is 12.2. The molecule has 2 fully saturated rings. The van der Waals surface area contributed by atoms with Gasteiger partial charge >= 0.3 is 0 Å². The van der Waals surface area contributed by atoms with Crippen molar-refractivity contribution in [3.8, 4) is 0 Å². The number of fused-ring (bicyclic) bond motifs is 3. The number of hydrogen-bond donors (Lipinski definition) is 1. The molecule has 2 atom stereocenters. The summed E-state index contributed by atoms with van der Waals surface area (Å²) in [5.41, 5.74) is 1.23. The fraction of sp³-hybridized carbons (Fsp3) is 0.400. The number of imidazole rings is 1. The smallest absolute Gasteiger partial charge is 0.275 e. The molecule has 0 saturated carbocycles. The fourth-order valence-corrected chi connectivity index (χ4v) is 3.96. The summed E-state index contributed by atoms with van der Waals surface area (Å²) in [5.74, 6) is -0.179. The SMILES string of the molecule is CSc1nc(C(=O)N2C3CCC2C(=O)NC3)c2ccccn12. The van der Waals surface area contributed by atoms with Crippen molar-refractivity contribution in [2.24, 2.45) is 0 Å². The van der Waals surface area contributed by atoms with Crippen LogP contribution in [-0.2, 0) is 4.79 Å². The fourth-order valence-electron chi connectivity index (χ4n) is 3.42. The van der Waals surface area contributed by atoms with Crippen LogP contribution in [0.15, 0.2) is 29.6 Å². The van der Waals surface area contributed by atoms with Crippen LogP contribution < -0.4 is 5.32 Å². The maximum Gasteiger partial charge on any atom is 0.275 e. The van der Waals surface area contributed by atoms with Crippen LogP contribution in [0.4, 0.5) is 0 Å². The highest BCUT2D eigenvalue weighted by molar-refractivity contribution is 7.98. The number of nitrogens with one attached hydrogen (secondary N) is 1. The summed E-state index contributed by atoms with van der Waals surface area (Å²) in [5, 5.41) is 3.66. The van der Waals surface area contributed by atoms with Gasteiger partial charge in [0.15, 0.2) is 10.9 Å². The monoisotopic (exact) mass is 316 g/mol. The molecule has 2 bridgehead atoms. The van der Waals surface area contributed by atoms with Crippen LogP contribution in [0.25, 0.3) is 5.52 Å². The number of carbonyl (C=O) groups excluding carboxylic acids is 2. The van der Waals surface area contributed by atoms with E-state index in [4.69, 9.17) is 0 Å². The summed E-state index contributed by atoms with van der Waals surface area (Å²) in [6.07, 6.45) is 5.45. The molecule has 114 valence electrons. The molecule has 2 aromatic heterocycles. The highest BCUT2D eigenvalue weighted by Crippen LogP contribution is 2.30. The molecule has 1 N–H and O–H groups in total. The van der Waals surface area contributed by atoms with Gasteiger partial charge in [0.2, 0.25) is 5.91 Å². The van der Waals surface area contributed by atoms with Gasteiger partial charge in [0, 0.05) is 12.7 Å². The minimum Gasteiger partial charge on any atom is -0.352 e. The topological polar surface area (TPSA) is 66.7 Å². The number of hydrogen-bond acceptors (Lipinski definition) is 4. The first-order chi connectivity index (χ1) is 10.7. The van der Waals surface area contributed by atoms with Crippen molar-refractivity contribution in [3.63, 3.8) is 0 Å². The maximum atomic E-state index is 13.0. The number of nitrogens with zero attached hydrogens (tertiary/aromatic N) is 3. The molecule has 4 heterocycles. The molecule has 2 aliphatic rings. The van der Waals surface area contributed by atoms with Crippen molar-refractivity contribution >= 4 is 29.1 Å². The quantitative estimate of drug-likeness (QED) is 0.844. The third-order valence-electron chi connectivity index (χ3n) is 4.45. The Kier molecular flexibility index (Phi) is 3.11. The zero-order chi connectivity index (χ0) is 15.3. The Morgan fingerprint density at radius 1 is 1.41 bits per heavy atom. The highest BCUT2D eigenvalue weighted by Gasteiger charge is 2.45. The summed E-state index contributed by atoms with van der Waals surface area (Å²) in [4.78, 5) is 31.2. The van der Waals surface area contributed by atoms with Crippen LogP contribution >= 0.6 is 11.8 Å². The number of amides is 2. The van der Waals surface area contributed by atoms with Gasteiger partial charge in [0.1, 0.15) is 6.04 Å². The van der Waals surface area contributed by atoms with Gasteiger partial charge in [-0.2, -0.15) is 0 Å². The number of rotatable bonds is 2. The Morgan fingerprint density at radius 2 is 2.27 bits per heavy atom. The Balaban J connectivity index is 1.79. The van der Waals surface area contributed by atoms with E-state index in [0.29, 0.717) is 12.2 Å². The Labute approximate surface area is 131 Å². The molecular formula is C15H16N4O2S. The number of carbonyl (C=O) groups is 2. The molecule has 2 aliphatic heterocycles. The highest BCUT2D eigenvalue weighted by atomic mass is 32.2. The Morgan fingerprint density at radius 3 is 3.09 bits per heavy atom. The van der Waals surface area contributed by atoms with Gasteiger partial charge in [-0.05, 0) is 31.2 Å². The van der Waals surface area contributed by atoms with Gasteiger partial charge in [-0.25, -0.2) is 4.98 Å². The van der Waals surface area contributed by atoms with E-state index in [1.165, 1.54) is 11.8 Å². The number of piperazine rings is 1. The van der Waals surface area contributed by atoms with E-state index >= 15 is 0 Å². The third-order valence-corrected chi connectivity index (χ3v) is 5.11. The summed E-state index contributed by atoms with van der Waals surface area (Å²) in [6, 6.07) is 5.46. The van der Waals surface area contributed by atoms with E-state index in [9.17, 15) is 9.59 Å². The van der Waals surface area contributed by atoms with E-state index < -0.39 is 0 Å². The van der Waals surface area contributed by atoms with Crippen molar-refractivity contribution in [2.45, 2.75) is 30.1 Å². The number of aromatic nitrogens is 2. The van der Waals surface area contributed by atoms with Crippen molar-refractivity contribution in [2.75, 3.05) is 12.8 Å². The van der Waals surface area contributed by atoms with Crippen LogP contribution in [0.3, 0.4) is 0 Å². The van der Waals surface area contributed by atoms with E-state index in [-0.39, 0.29) is 23.9 Å². The van der Waals surface area contributed by atoms with Gasteiger partial charge in [0.05, 0.1) is 11.6 Å². The average Bonchev–Trinajstić information content (AvgIpc) is 3.08. The molecule has 0 radical (unpaired) electrons. The lowest BCUT2D eigenvalue weighted by molar-refractivity contribution is -0.127. The number of pyridine rings is 1. The summed E-state index contributed by atoms with van der Waals surface area (Å²) >= 11 is 1.50. The Bertz CT molecular complexity index is 772. The standard InChI is InChI=1S/C15H16N4O2S/c1-22-15-17-12(10-4-2-3-7-18(10)15)14(21)19-9-5-6-11(19)13(20)16-8-9/h2-4,7,9,11H,5-6,8H2,1H3,(H,16,20). The van der Waals surface area contributed by atoms with Crippen molar-refractivity contribution < 1.29 is 9.59 Å². The minimum absolute atomic E-state index is 0.0456. The van der Waals surface area contributed by atoms with Crippen LogP contribution in [0.2, 0.25) is 0 Å². The normalized spacial score (nSPS) is 23.9. The van der Waals surface area contributed by atoms with Gasteiger partial charge < -0.3 is 10.2 Å². The molecule has 2 aromatic rings. The van der Waals surface area contributed by atoms with Gasteiger partial charge in [-0.3, -0.25) is 14.0 Å². The minimum atomic E-state index is -0.343. The second-order valence-electron chi connectivity index (χ2n) is 5.61. The zero-order valence-corrected chi connectivity index (χ0v) is 13.0. The van der Waals surface area contributed by atoms with Crippen molar-refractivity contribution in [1.82, 2.24) is 19.6 Å². The van der Waals surface area contributed by atoms with Gasteiger partial charge in [0.25, 0.3) is 5.91 Å². The predicted octanol–water partition coefficient (Wildman–Crippen LogP) is 1.16. The molecule has 2 amide bonds. The van der Waals surface area contributed by atoms with Crippen LogP contribution in [-0.4, -0.2) is 51.0 Å². The van der Waals surface area contributed by atoms with Crippen LogP contribution in [0.5, 0.6) is 0 Å². The molecule has 6 nitrogen and oxygen atoms in total. The molecule has 0 aromatic carbocycles. The van der Waals surface area contributed by atoms with E-state index in [1.807, 2.05) is 35.1 Å². The largest absolute Gasteiger partial charge is 0.352 e. The average molecular weight is 316 g/mol. The molecule has 2 saturated heterocycles. The predicted molar refractivity (Wildman–Crippen MR) is 83.0 cm³/mol. The summed E-state index contributed by atoms with van der Waals surface area (Å²) in [7, 11) is 0. The molecule has 4 rings (SSSR count). The second kappa shape index (κ2) is 5.01. The van der Waals surface area contributed by atoms with Crippen LogP contribution in [0.1, 0.15) is 23.3 Å². The first kappa shape index (κ1) is 13.6. The first-order valence-corrected chi connectivity index (χ1v) is 8.54. The summed E-state index contributed by atoms with van der Waals surface area (Å²) in [6.45, 7) is 0.544. The lowest BCUT2D eigenvalue weighted by Gasteiger charge is -2.33. The van der Waals surface area contributed by atoms with E-state index in [1.54, 1.807) is 4.90 Å². The van der Waals surface area contributed by atoms with E-state index in [2.05, 4.69) is 10.3 Å². The molecule has 22 heavy (non-hydrogen) atoms. The summed E-state index contributed by atoms with van der Waals surface area (Å²) < 4.78 is 1.92.